The molecule has 0 aromatic heterocycles. The van der Waals surface area contributed by atoms with Crippen LogP contribution in [0.5, 0.6) is 0 Å². The standard InChI is InChI=1S/C16H30N4O.HI/c1-3-16(8-7-9-16)13-19-15(17-4-2)18-12-14(21)20-10-5-6-11-20;/h3-13H2,1-2H3,(H2,17,18,19);1H. The zero-order valence-corrected chi connectivity index (χ0v) is 16.3. The van der Waals surface area contributed by atoms with E-state index in [-0.39, 0.29) is 36.4 Å². The number of amides is 1. The van der Waals surface area contributed by atoms with Crippen LogP contribution in [0.2, 0.25) is 0 Å². The summed E-state index contributed by atoms with van der Waals surface area (Å²) in [6.45, 7) is 8.17. The van der Waals surface area contributed by atoms with Gasteiger partial charge < -0.3 is 15.5 Å². The first-order valence-corrected chi connectivity index (χ1v) is 8.49. The highest BCUT2D eigenvalue weighted by Crippen LogP contribution is 2.42. The molecule has 0 spiro atoms. The third-order valence-corrected chi connectivity index (χ3v) is 4.97. The molecular formula is C16H31IN4O. The monoisotopic (exact) mass is 422 g/mol. The molecule has 1 saturated heterocycles. The van der Waals surface area contributed by atoms with Gasteiger partial charge in [-0.15, -0.1) is 24.0 Å². The predicted octanol–water partition coefficient (Wildman–Crippen LogP) is 2.36. The summed E-state index contributed by atoms with van der Waals surface area (Å²) in [4.78, 5) is 18.4. The fourth-order valence-corrected chi connectivity index (χ4v) is 3.16. The van der Waals surface area contributed by atoms with Gasteiger partial charge in [-0.1, -0.05) is 13.3 Å². The van der Waals surface area contributed by atoms with Crippen molar-refractivity contribution < 1.29 is 4.79 Å². The lowest BCUT2D eigenvalue weighted by Crippen LogP contribution is -2.46. The van der Waals surface area contributed by atoms with Crippen molar-refractivity contribution in [3.05, 3.63) is 0 Å². The van der Waals surface area contributed by atoms with Crippen molar-refractivity contribution >= 4 is 35.8 Å². The van der Waals surface area contributed by atoms with Crippen molar-refractivity contribution in [3.63, 3.8) is 0 Å². The van der Waals surface area contributed by atoms with Gasteiger partial charge in [0.25, 0.3) is 0 Å². The minimum absolute atomic E-state index is 0. The van der Waals surface area contributed by atoms with Crippen LogP contribution in [0.3, 0.4) is 0 Å². The average molecular weight is 422 g/mol. The van der Waals surface area contributed by atoms with Gasteiger partial charge in [0.2, 0.25) is 5.91 Å². The Morgan fingerprint density at radius 1 is 1.14 bits per heavy atom. The van der Waals surface area contributed by atoms with Gasteiger partial charge in [0, 0.05) is 26.2 Å². The van der Waals surface area contributed by atoms with Crippen molar-refractivity contribution in [2.75, 3.05) is 32.7 Å². The largest absolute Gasteiger partial charge is 0.357 e. The van der Waals surface area contributed by atoms with Crippen LogP contribution >= 0.6 is 24.0 Å². The van der Waals surface area contributed by atoms with Crippen LogP contribution in [-0.2, 0) is 4.79 Å². The van der Waals surface area contributed by atoms with Gasteiger partial charge in [-0.2, -0.15) is 0 Å². The molecule has 0 aromatic rings. The molecule has 0 atom stereocenters. The maximum atomic E-state index is 12.0. The molecule has 2 fully saturated rings. The van der Waals surface area contributed by atoms with E-state index in [1.54, 1.807) is 0 Å². The van der Waals surface area contributed by atoms with Crippen molar-refractivity contribution in [1.29, 1.82) is 0 Å². The summed E-state index contributed by atoms with van der Waals surface area (Å²) in [6, 6.07) is 0. The van der Waals surface area contributed by atoms with E-state index in [2.05, 4.69) is 29.5 Å². The van der Waals surface area contributed by atoms with Gasteiger partial charge in [0.1, 0.15) is 6.54 Å². The number of rotatable bonds is 6. The maximum absolute atomic E-state index is 12.0. The van der Waals surface area contributed by atoms with Gasteiger partial charge in [-0.3, -0.25) is 4.79 Å². The van der Waals surface area contributed by atoms with E-state index in [1.165, 1.54) is 25.7 Å². The molecule has 2 rings (SSSR count). The fraction of sp³-hybridized carbons (Fsp3) is 0.875. The summed E-state index contributed by atoms with van der Waals surface area (Å²) < 4.78 is 0. The SMILES string of the molecule is CCNC(=NCC(=O)N1CCCC1)NCC1(CC)CCC1.I. The highest BCUT2D eigenvalue weighted by molar-refractivity contribution is 14.0. The zero-order chi connectivity index (χ0) is 15.1. The second kappa shape index (κ2) is 9.57. The highest BCUT2D eigenvalue weighted by Gasteiger charge is 2.34. The van der Waals surface area contributed by atoms with E-state index >= 15 is 0 Å². The van der Waals surface area contributed by atoms with Crippen molar-refractivity contribution in [2.45, 2.75) is 52.4 Å². The molecule has 0 radical (unpaired) electrons. The summed E-state index contributed by atoms with van der Waals surface area (Å²) in [7, 11) is 0. The molecule has 0 unspecified atom stereocenters. The minimum Gasteiger partial charge on any atom is -0.357 e. The normalized spacial score (nSPS) is 20.1. The van der Waals surface area contributed by atoms with Crippen molar-refractivity contribution in [2.24, 2.45) is 10.4 Å². The Balaban J connectivity index is 0.00000242. The maximum Gasteiger partial charge on any atom is 0.244 e. The molecule has 22 heavy (non-hydrogen) atoms. The number of nitrogens with one attached hydrogen (secondary N) is 2. The number of hydrogen-bond acceptors (Lipinski definition) is 2. The van der Waals surface area contributed by atoms with E-state index in [0.717, 1.165) is 45.0 Å². The Morgan fingerprint density at radius 3 is 2.32 bits per heavy atom. The second-order valence-electron chi connectivity index (χ2n) is 6.34. The van der Waals surface area contributed by atoms with Crippen LogP contribution in [0.1, 0.15) is 52.4 Å². The van der Waals surface area contributed by atoms with Gasteiger partial charge >= 0.3 is 0 Å². The molecule has 0 bridgehead atoms. The van der Waals surface area contributed by atoms with E-state index in [0.29, 0.717) is 5.41 Å². The number of likely N-dealkylation sites (tertiary alicyclic amines) is 1. The molecule has 1 saturated carbocycles. The van der Waals surface area contributed by atoms with E-state index in [1.807, 2.05) is 4.90 Å². The number of hydrogen-bond donors (Lipinski definition) is 2. The van der Waals surface area contributed by atoms with Crippen molar-refractivity contribution in [1.82, 2.24) is 15.5 Å². The summed E-state index contributed by atoms with van der Waals surface area (Å²) >= 11 is 0. The molecule has 6 heteroatoms. The molecule has 128 valence electrons. The van der Waals surface area contributed by atoms with Gasteiger partial charge in [-0.25, -0.2) is 4.99 Å². The lowest BCUT2D eigenvalue weighted by Gasteiger charge is -2.41. The molecule has 1 aliphatic carbocycles. The first-order chi connectivity index (χ1) is 10.2. The molecular weight excluding hydrogens is 391 g/mol. The quantitative estimate of drug-likeness (QED) is 0.393. The molecule has 5 nitrogen and oxygen atoms in total. The van der Waals surface area contributed by atoms with Crippen LogP contribution < -0.4 is 10.6 Å². The third kappa shape index (κ3) is 5.28. The molecule has 2 N–H and O–H groups in total. The summed E-state index contributed by atoms with van der Waals surface area (Å²) in [6.07, 6.45) is 7.44. The first kappa shape index (κ1) is 19.5. The second-order valence-corrected chi connectivity index (χ2v) is 6.34. The lowest BCUT2D eigenvalue weighted by molar-refractivity contribution is -0.128. The molecule has 1 amide bonds. The minimum atomic E-state index is 0. The fourth-order valence-electron chi connectivity index (χ4n) is 3.16. The van der Waals surface area contributed by atoms with Gasteiger partial charge in [0.05, 0.1) is 0 Å². The van der Waals surface area contributed by atoms with Crippen molar-refractivity contribution in [3.8, 4) is 0 Å². The topological polar surface area (TPSA) is 56.7 Å². The number of guanidine groups is 1. The summed E-state index contributed by atoms with van der Waals surface area (Å²) in [5.74, 6) is 0.934. The Morgan fingerprint density at radius 2 is 1.82 bits per heavy atom. The van der Waals surface area contributed by atoms with Crippen LogP contribution in [0, 0.1) is 5.41 Å². The smallest absolute Gasteiger partial charge is 0.244 e. The Labute approximate surface area is 151 Å². The number of aliphatic imine (C=N–C) groups is 1. The average Bonchev–Trinajstić information content (AvgIpc) is 2.97. The predicted molar refractivity (Wildman–Crippen MR) is 102 cm³/mol. The Bertz CT molecular complexity index is 371. The Kier molecular flexibility index (Phi) is 8.49. The number of halogens is 1. The van der Waals surface area contributed by atoms with Gasteiger partial charge in [0.15, 0.2) is 5.96 Å². The number of nitrogens with zero attached hydrogens (tertiary/aromatic N) is 2. The summed E-state index contributed by atoms with van der Waals surface area (Å²) in [5, 5.41) is 6.67. The third-order valence-electron chi connectivity index (χ3n) is 4.97. The molecule has 0 aromatic carbocycles. The van der Waals surface area contributed by atoms with Crippen LogP contribution in [0.4, 0.5) is 0 Å². The molecule has 1 aliphatic heterocycles. The number of carbonyl (C=O) groups is 1. The number of carbonyl (C=O) groups excluding carboxylic acids is 1. The summed E-state index contributed by atoms with van der Waals surface area (Å²) in [5.41, 5.74) is 0.454. The van der Waals surface area contributed by atoms with E-state index in [4.69, 9.17) is 0 Å². The lowest BCUT2D eigenvalue weighted by atomic mass is 9.67. The van der Waals surface area contributed by atoms with E-state index in [9.17, 15) is 4.79 Å². The highest BCUT2D eigenvalue weighted by atomic mass is 127. The van der Waals surface area contributed by atoms with Gasteiger partial charge in [-0.05, 0) is 44.4 Å². The zero-order valence-electron chi connectivity index (χ0n) is 14.0. The van der Waals surface area contributed by atoms with Crippen LogP contribution in [0.15, 0.2) is 4.99 Å². The first-order valence-electron chi connectivity index (χ1n) is 8.49. The van der Waals surface area contributed by atoms with Crippen LogP contribution in [0.25, 0.3) is 0 Å². The Hall–Kier alpha value is -0.530. The molecule has 1 heterocycles. The molecule has 2 aliphatic rings. The van der Waals surface area contributed by atoms with E-state index < -0.39 is 0 Å². The van der Waals surface area contributed by atoms with Crippen LogP contribution in [-0.4, -0.2) is 49.5 Å².